The molecular weight excluding hydrogens is 300 g/mol. The van der Waals surface area contributed by atoms with Gasteiger partial charge in [0.25, 0.3) is 0 Å². The number of aromatic hydroxyl groups is 1. The largest absolute Gasteiger partial charge is 0.508 e. The summed E-state index contributed by atoms with van der Waals surface area (Å²) >= 11 is 0. The van der Waals surface area contributed by atoms with E-state index in [2.05, 4.69) is 20.5 Å². The van der Waals surface area contributed by atoms with Crippen LogP contribution in [0.4, 0.5) is 22.7 Å². The molecule has 0 saturated heterocycles. The Morgan fingerprint density at radius 2 is 0.792 bits per heavy atom. The zero-order valence-corrected chi connectivity index (χ0v) is 13.2. The Balaban J connectivity index is 1.66. The molecule has 118 valence electrons. The monoisotopic (exact) mass is 316 g/mol. The van der Waals surface area contributed by atoms with Crippen molar-refractivity contribution in [3.63, 3.8) is 0 Å². The molecule has 5 nitrogen and oxygen atoms in total. The molecule has 24 heavy (non-hydrogen) atoms. The summed E-state index contributed by atoms with van der Waals surface area (Å²) in [7, 11) is 0. The van der Waals surface area contributed by atoms with E-state index in [0.717, 1.165) is 17.1 Å². The number of nitrogens with zero attached hydrogens (tertiary/aromatic N) is 4. The van der Waals surface area contributed by atoms with E-state index in [1.165, 1.54) is 5.56 Å². The molecule has 0 radical (unpaired) electrons. The number of aryl methyl sites for hydroxylation is 1. The molecule has 0 saturated carbocycles. The Morgan fingerprint density at radius 1 is 0.500 bits per heavy atom. The van der Waals surface area contributed by atoms with Crippen LogP contribution in [0.15, 0.2) is 93.3 Å². The fourth-order valence-electron chi connectivity index (χ4n) is 1.95. The molecule has 0 aliphatic rings. The Hall–Kier alpha value is -3.34. The van der Waals surface area contributed by atoms with Gasteiger partial charge in [-0.3, -0.25) is 0 Å². The number of hydrogen-bond donors (Lipinski definition) is 1. The van der Waals surface area contributed by atoms with Gasteiger partial charge in [-0.05, 0) is 67.6 Å². The summed E-state index contributed by atoms with van der Waals surface area (Å²) < 4.78 is 0. The van der Waals surface area contributed by atoms with Crippen LogP contribution in [0.25, 0.3) is 0 Å². The molecule has 0 aromatic heterocycles. The van der Waals surface area contributed by atoms with Crippen molar-refractivity contribution < 1.29 is 5.11 Å². The lowest BCUT2D eigenvalue weighted by Gasteiger charge is -1.96. The second kappa shape index (κ2) is 7.28. The first-order valence-electron chi connectivity index (χ1n) is 7.48. The van der Waals surface area contributed by atoms with Gasteiger partial charge < -0.3 is 5.11 Å². The number of phenols is 1. The fraction of sp³-hybridized carbons (Fsp3) is 0.0526. The SMILES string of the molecule is Cc1ccc(N=Nc2ccc(N=Nc3ccc(O)cc3)cc2)cc1. The lowest BCUT2D eigenvalue weighted by Crippen LogP contribution is -1.69. The second-order valence-corrected chi connectivity index (χ2v) is 5.27. The van der Waals surface area contributed by atoms with Gasteiger partial charge in [0.1, 0.15) is 5.75 Å². The predicted octanol–water partition coefficient (Wildman–Crippen LogP) is 6.53. The Kier molecular flexibility index (Phi) is 4.72. The van der Waals surface area contributed by atoms with Gasteiger partial charge in [-0.2, -0.15) is 20.5 Å². The van der Waals surface area contributed by atoms with Crippen LogP contribution in [-0.4, -0.2) is 5.11 Å². The van der Waals surface area contributed by atoms with E-state index in [9.17, 15) is 5.11 Å². The highest BCUT2D eigenvalue weighted by atomic mass is 16.3. The normalized spacial score (nSPS) is 11.4. The van der Waals surface area contributed by atoms with Crippen LogP contribution >= 0.6 is 0 Å². The minimum atomic E-state index is 0.206. The summed E-state index contributed by atoms with van der Waals surface area (Å²) in [6.45, 7) is 2.03. The smallest absolute Gasteiger partial charge is 0.115 e. The van der Waals surface area contributed by atoms with Gasteiger partial charge in [-0.15, -0.1) is 0 Å². The summed E-state index contributed by atoms with van der Waals surface area (Å²) in [5.41, 5.74) is 4.15. The van der Waals surface area contributed by atoms with Crippen molar-refractivity contribution in [1.82, 2.24) is 0 Å². The first-order valence-corrected chi connectivity index (χ1v) is 7.48. The number of hydrogen-bond acceptors (Lipinski definition) is 5. The summed E-state index contributed by atoms with van der Waals surface area (Å²) in [4.78, 5) is 0. The fourth-order valence-corrected chi connectivity index (χ4v) is 1.95. The maximum atomic E-state index is 9.23. The number of rotatable bonds is 4. The Labute approximate surface area is 140 Å². The summed E-state index contributed by atoms with van der Waals surface area (Å²) in [6.07, 6.45) is 0. The third-order valence-electron chi connectivity index (χ3n) is 3.30. The number of azo groups is 2. The lowest BCUT2D eigenvalue weighted by atomic mass is 10.2. The third-order valence-corrected chi connectivity index (χ3v) is 3.30. The Morgan fingerprint density at radius 3 is 1.17 bits per heavy atom. The second-order valence-electron chi connectivity index (χ2n) is 5.27. The van der Waals surface area contributed by atoms with E-state index in [1.807, 2.05) is 55.5 Å². The van der Waals surface area contributed by atoms with Crippen molar-refractivity contribution in [2.75, 3.05) is 0 Å². The summed E-state index contributed by atoms with van der Waals surface area (Å²) in [6, 6.07) is 21.7. The van der Waals surface area contributed by atoms with Crippen molar-refractivity contribution in [1.29, 1.82) is 0 Å². The van der Waals surface area contributed by atoms with E-state index in [-0.39, 0.29) is 5.75 Å². The van der Waals surface area contributed by atoms with E-state index in [0.29, 0.717) is 5.69 Å². The molecule has 0 spiro atoms. The van der Waals surface area contributed by atoms with Crippen LogP contribution in [-0.2, 0) is 0 Å². The van der Waals surface area contributed by atoms with Crippen molar-refractivity contribution in [2.45, 2.75) is 6.92 Å². The summed E-state index contributed by atoms with van der Waals surface area (Å²) in [5.74, 6) is 0.206. The molecule has 0 heterocycles. The highest BCUT2D eigenvalue weighted by molar-refractivity contribution is 5.48. The van der Waals surface area contributed by atoms with Crippen molar-refractivity contribution in [2.24, 2.45) is 20.5 Å². The molecule has 0 fully saturated rings. The van der Waals surface area contributed by atoms with Gasteiger partial charge in [0, 0.05) is 0 Å². The predicted molar refractivity (Wildman–Crippen MR) is 94.1 cm³/mol. The van der Waals surface area contributed by atoms with Gasteiger partial charge in [-0.25, -0.2) is 0 Å². The van der Waals surface area contributed by atoms with Crippen LogP contribution in [0.3, 0.4) is 0 Å². The van der Waals surface area contributed by atoms with Crippen LogP contribution in [0, 0.1) is 6.92 Å². The highest BCUT2D eigenvalue weighted by Gasteiger charge is 1.94. The van der Waals surface area contributed by atoms with Crippen LogP contribution < -0.4 is 0 Å². The molecule has 0 unspecified atom stereocenters. The van der Waals surface area contributed by atoms with Crippen LogP contribution in [0.5, 0.6) is 5.75 Å². The van der Waals surface area contributed by atoms with Gasteiger partial charge in [-0.1, -0.05) is 17.7 Å². The van der Waals surface area contributed by atoms with Crippen LogP contribution in [0.2, 0.25) is 0 Å². The van der Waals surface area contributed by atoms with Crippen molar-refractivity contribution in [3.05, 3.63) is 78.4 Å². The molecule has 0 aliphatic carbocycles. The molecule has 0 bridgehead atoms. The maximum absolute atomic E-state index is 9.23. The molecule has 3 aromatic rings. The molecule has 3 rings (SSSR count). The van der Waals surface area contributed by atoms with Gasteiger partial charge >= 0.3 is 0 Å². The van der Waals surface area contributed by atoms with E-state index < -0.39 is 0 Å². The quantitative estimate of drug-likeness (QED) is 0.546. The van der Waals surface area contributed by atoms with E-state index >= 15 is 0 Å². The molecule has 0 aliphatic heterocycles. The number of phenolic OH excluding ortho intramolecular Hbond substituents is 1. The first kappa shape index (κ1) is 15.6. The zero-order chi connectivity index (χ0) is 16.8. The molecule has 3 aromatic carbocycles. The zero-order valence-electron chi connectivity index (χ0n) is 13.2. The van der Waals surface area contributed by atoms with E-state index in [4.69, 9.17) is 0 Å². The molecular formula is C19H16N4O. The lowest BCUT2D eigenvalue weighted by molar-refractivity contribution is 0.475. The standard InChI is InChI=1S/C19H16N4O/c1-14-2-4-15(5-3-14)20-21-16-6-8-17(9-7-16)22-23-18-10-12-19(24)13-11-18/h2-13,24H,1H3. The average molecular weight is 316 g/mol. The minimum absolute atomic E-state index is 0.206. The topological polar surface area (TPSA) is 69.7 Å². The maximum Gasteiger partial charge on any atom is 0.115 e. The van der Waals surface area contributed by atoms with Crippen LogP contribution in [0.1, 0.15) is 5.56 Å². The number of benzene rings is 3. The third kappa shape index (κ3) is 4.33. The molecule has 0 atom stereocenters. The molecule has 5 heteroatoms. The van der Waals surface area contributed by atoms with E-state index in [1.54, 1.807) is 24.3 Å². The first-order chi connectivity index (χ1) is 11.7. The molecule has 1 N–H and O–H groups in total. The minimum Gasteiger partial charge on any atom is -0.508 e. The Bertz CT molecular complexity index is 777. The van der Waals surface area contributed by atoms with Gasteiger partial charge in [0.05, 0.1) is 22.7 Å². The highest BCUT2D eigenvalue weighted by Crippen LogP contribution is 2.24. The molecule has 0 amide bonds. The van der Waals surface area contributed by atoms with Crippen molar-refractivity contribution in [3.8, 4) is 5.75 Å². The van der Waals surface area contributed by atoms with Gasteiger partial charge in [0.2, 0.25) is 0 Å². The van der Waals surface area contributed by atoms with Gasteiger partial charge in [0.15, 0.2) is 0 Å². The summed E-state index contributed by atoms with van der Waals surface area (Å²) in [5, 5.41) is 25.9. The average Bonchev–Trinajstić information content (AvgIpc) is 2.62. The van der Waals surface area contributed by atoms with Crippen molar-refractivity contribution >= 4 is 22.7 Å².